The lowest BCUT2D eigenvalue weighted by molar-refractivity contribution is -0.384. The van der Waals surface area contributed by atoms with Crippen LogP contribution >= 0.6 is 0 Å². The maximum absolute atomic E-state index is 12.6. The summed E-state index contributed by atoms with van der Waals surface area (Å²) in [6, 6.07) is 4.92. The lowest BCUT2D eigenvalue weighted by Crippen LogP contribution is -2.36. The van der Waals surface area contributed by atoms with E-state index in [0.717, 1.165) is 6.42 Å². The molecule has 3 heterocycles. The third-order valence-corrected chi connectivity index (χ3v) is 5.07. The van der Waals surface area contributed by atoms with Crippen molar-refractivity contribution in [2.45, 2.75) is 31.0 Å². The first-order valence-corrected chi connectivity index (χ1v) is 7.95. The zero-order chi connectivity index (χ0) is 17.7. The third kappa shape index (κ3) is 2.38. The van der Waals surface area contributed by atoms with E-state index in [1.165, 1.54) is 31.4 Å². The average molecular weight is 348 g/mol. The normalized spacial score (nSPS) is 32.8. The smallest absolute Gasteiger partial charge is 0.338 e. The van der Waals surface area contributed by atoms with Gasteiger partial charge in [0.1, 0.15) is 0 Å². The second-order valence-corrected chi connectivity index (χ2v) is 6.30. The molecule has 0 aliphatic carbocycles. The SMILES string of the molecule is CO[C@H]1O[C@@H]2CCN3C(=O)[C@@H](OC(=O)c4ccc([N+](=O)[O-])cc4)[C@H]1[C@H]23. The number of carbonyl (C=O) groups is 2. The fourth-order valence-corrected chi connectivity index (χ4v) is 3.97. The number of nitro groups is 1. The molecule has 132 valence electrons. The highest BCUT2D eigenvalue weighted by Crippen LogP contribution is 2.45. The van der Waals surface area contributed by atoms with Crippen molar-refractivity contribution in [1.29, 1.82) is 0 Å². The Morgan fingerprint density at radius 1 is 1.36 bits per heavy atom. The van der Waals surface area contributed by atoms with Gasteiger partial charge in [-0.25, -0.2) is 4.79 Å². The third-order valence-electron chi connectivity index (χ3n) is 5.07. The molecule has 25 heavy (non-hydrogen) atoms. The molecule has 0 spiro atoms. The van der Waals surface area contributed by atoms with Gasteiger partial charge in [-0.15, -0.1) is 0 Å². The Labute approximate surface area is 142 Å². The number of carbonyl (C=O) groups excluding carboxylic acids is 2. The standard InChI is InChI=1S/C16H16N2O7/c1-23-16-11-12-10(24-16)6-7-17(12)14(19)13(11)25-15(20)8-2-4-9(5-3-8)18(21)22/h2-5,10-13,16H,6-7H2,1H3/t10-,11-,12+,13+,16+/m1/s1. The van der Waals surface area contributed by atoms with Crippen LogP contribution in [0.25, 0.3) is 0 Å². The second kappa shape index (κ2) is 5.78. The van der Waals surface area contributed by atoms with Crippen LogP contribution < -0.4 is 0 Å². The van der Waals surface area contributed by atoms with E-state index >= 15 is 0 Å². The Morgan fingerprint density at radius 3 is 2.72 bits per heavy atom. The van der Waals surface area contributed by atoms with E-state index in [2.05, 4.69) is 0 Å². The number of ether oxygens (including phenoxy) is 3. The molecule has 3 saturated heterocycles. The van der Waals surface area contributed by atoms with E-state index in [9.17, 15) is 19.7 Å². The molecule has 0 saturated carbocycles. The molecule has 0 N–H and O–H groups in total. The van der Waals surface area contributed by atoms with Crippen molar-refractivity contribution in [2.24, 2.45) is 5.92 Å². The van der Waals surface area contributed by atoms with Crippen molar-refractivity contribution in [1.82, 2.24) is 4.90 Å². The largest absolute Gasteiger partial charge is 0.448 e. The molecule has 9 heteroatoms. The highest BCUT2D eigenvalue weighted by molar-refractivity contribution is 5.93. The molecule has 3 aliphatic rings. The summed E-state index contributed by atoms with van der Waals surface area (Å²) in [5.41, 5.74) is 0.0236. The van der Waals surface area contributed by atoms with Gasteiger partial charge in [0, 0.05) is 25.8 Å². The van der Waals surface area contributed by atoms with Crippen molar-refractivity contribution in [3.05, 3.63) is 39.9 Å². The van der Waals surface area contributed by atoms with E-state index in [1.807, 2.05) is 0 Å². The van der Waals surface area contributed by atoms with Gasteiger partial charge in [0.15, 0.2) is 12.4 Å². The fourth-order valence-electron chi connectivity index (χ4n) is 3.97. The Hall–Kier alpha value is -2.52. The zero-order valence-corrected chi connectivity index (χ0v) is 13.4. The molecule has 0 bridgehead atoms. The lowest BCUT2D eigenvalue weighted by atomic mass is 9.96. The van der Waals surface area contributed by atoms with Crippen LogP contribution in [0.3, 0.4) is 0 Å². The molecule has 1 aromatic carbocycles. The Bertz CT molecular complexity index is 735. The van der Waals surface area contributed by atoms with Crippen LogP contribution in [0.4, 0.5) is 5.69 Å². The van der Waals surface area contributed by atoms with Gasteiger partial charge in [-0.1, -0.05) is 0 Å². The zero-order valence-electron chi connectivity index (χ0n) is 13.4. The second-order valence-electron chi connectivity index (χ2n) is 6.30. The molecule has 1 aromatic rings. The average Bonchev–Trinajstić information content (AvgIpc) is 3.25. The van der Waals surface area contributed by atoms with Gasteiger partial charge in [0.05, 0.1) is 28.6 Å². The number of methoxy groups -OCH3 is 1. The topological polar surface area (TPSA) is 108 Å². The number of amides is 1. The molecule has 0 radical (unpaired) electrons. The van der Waals surface area contributed by atoms with Gasteiger partial charge < -0.3 is 19.1 Å². The Morgan fingerprint density at radius 2 is 2.08 bits per heavy atom. The lowest BCUT2D eigenvalue weighted by Gasteiger charge is -2.20. The molecule has 1 amide bonds. The molecule has 3 fully saturated rings. The highest BCUT2D eigenvalue weighted by Gasteiger charge is 2.63. The van der Waals surface area contributed by atoms with Crippen molar-refractivity contribution in [3.63, 3.8) is 0 Å². The Balaban J connectivity index is 1.54. The molecule has 9 nitrogen and oxygen atoms in total. The number of hydrogen-bond donors (Lipinski definition) is 0. The van der Waals surface area contributed by atoms with Crippen LogP contribution in [0.1, 0.15) is 16.8 Å². The quantitative estimate of drug-likeness (QED) is 0.448. The number of esters is 1. The van der Waals surface area contributed by atoms with E-state index in [1.54, 1.807) is 4.90 Å². The first kappa shape index (κ1) is 16.0. The monoisotopic (exact) mass is 348 g/mol. The first-order valence-electron chi connectivity index (χ1n) is 7.95. The number of hydrogen-bond acceptors (Lipinski definition) is 7. The van der Waals surface area contributed by atoms with Gasteiger partial charge in [-0.3, -0.25) is 14.9 Å². The molecular weight excluding hydrogens is 332 g/mol. The summed E-state index contributed by atoms with van der Waals surface area (Å²) in [4.78, 5) is 36.8. The van der Waals surface area contributed by atoms with Gasteiger partial charge in [0.25, 0.3) is 11.6 Å². The minimum absolute atomic E-state index is 0.0954. The number of nitro benzene ring substituents is 1. The molecule has 0 aromatic heterocycles. The number of nitrogens with zero attached hydrogens (tertiary/aromatic N) is 2. The van der Waals surface area contributed by atoms with Crippen LogP contribution in [0, 0.1) is 16.0 Å². The van der Waals surface area contributed by atoms with Crippen LogP contribution in [-0.4, -0.2) is 59.9 Å². The fraction of sp³-hybridized carbons (Fsp3) is 0.500. The summed E-state index contributed by atoms with van der Waals surface area (Å²) in [5, 5.41) is 10.7. The summed E-state index contributed by atoms with van der Waals surface area (Å²) in [6.45, 7) is 0.576. The van der Waals surface area contributed by atoms with Crippen molar-refractivity contribution in [3.8, 4) is 0 Å². The highest BCUT2D eigenvalue weighted by atomic mass is 16.7. The number of rotatable bonds is 4. The summed E-state index contributed by atoms with van der Waals surface area (Å²) in [6.07, 6.45) is -0.917. The van der Waals surface area contributed by atoms with Crippen LogP contribution in [0.5, 0.6) is 0 Å². The van der Waals surface area contributed by atoms with Gasteiger partial charge in [-0.2, -0.15) is 0 Å². The van der Waals surface area contributed by atoms with Gasteiger partial charge >= 0.3 is 5.97 Å². The predicted octanol–water partition coefficient (Wildman–Crippen LogP) is 0.722. The molecule has 3 aliphatic heterocycles. The molecular formula is C16H16N2O7. The predicted molar refractivity (Wildman–Crippen MR) is 81.6 cm³/mol. The van der Waals surface area contributed by atoms with Crippen molar-refractivity contribution in [2.75, 3.05) is 13.7 Å². The van der Waals surface area contributed by atoms with Gasteiger partial charge in [0.2, 0.25) is 0 Å². The maximum Gasteiger partial charge on any atom is 0.338 e. The van der Waals surface area contributed by atoms with Crippen molar-refractivity contribution >= 4 is 17.6 Å². The van der Waals surface area contributed by atoms with Crippen LogP contribution in [0.15, 0.2) is 24.3 Å². The Kier molecular flexibility index (Phi) is 3.69. The molecule has 0 unspecified atom stereocenters. The van der Waals surface area contributed by atoms with E-state index in [-0.39, 0.29) is 35.2 Å². The van der Waals surface area contributed by atoms with Crippen LogP contribution in [0.2, 0.25) is 0 Å². The number of non-ortho nitro benzene ring substituents is 1. The van der Waals surface area contributed by atoms with Gasteiger partial charge in [-0.05, 0) is 18.6 Å². The maximum atomic E-state index is 12.6. The van der Waals surface area contributed by atoms with E-state index in [0.29, 0.717) is 6.54 Å². The summed E-state index contributed by atoms with van der Waals surface area (Å²) in [5.74, 6) is -1.31. The van der Waals surface area contributed by atoms with E-state index < -0.39 is 23.3 Å². The molecule has 5 atom stereocenters. The van der Waals surface area contributed by atoms with Crippen LogP contribution in [-0.2, 0) is 19.0 Å². The van der Waals surface area contributed by atoms with Crippen molar-refractivity contribution < 1.29 is 28.7 Å². The summed E-state index contributed by atoms with van der Waals surface area (Å²) < 4.78 is 16.6. The number of benzene rings is 1. The minimum atomic E-state index is -0.969. The van der Waals surface area contributed by atoms with E-state index in [4.69, 9.17) is 14.2 Å². The minimum Gasteiger partial charge on any atom is -0.448 e. The first-order chi connectivity index (χ1) is 12.0. The summed E-state index contributed by atoms with van der Waals surface area (Å²) in [7, 11) is 1.49. The molecule has 4 rings (SSSR count). The summed E-state index contributed by atoms with van der Waals surface area (Å²) >= 11 is 0.